The molecule has 0 aliphatic heterocycles. The van der Waals surface area contributed by atoms with Crippen molar-refractivity contribution in [2.45, 2.75) is 20.8 Å². The Hall–Kier alpha value is -3.45. The predicted octanol–water partition coefficient (Wildman–Crippen LogP) is 3.73. The van der Waals surface area contributed by atoms with Crippen molar-refractivity contribution in [2.75, 3.05) is 18.5 Å². The highest BCUT2D eigenvalue weighted by molar-refractivity contribution is 6.29. The summed E-state index contributed by atoms with van der Waals surface area (Å²) in [6, 6.07) is 12.1. The van der Waals surface area contributed by atoms with Crippen LogP contribution in [0.2, 0.25) is 5.15 Å². The van der Waals surface area contributed by atoms with Crippen LogP contribution in [0.25, 0.3) is 10.9 Å². The molecule has 7 nitrogen and oxygen atoms in total. The van der Waals surface area contributed by atoms with Crippen molar-refractivity contribution in [3.63, 3.8) is 0 Å². The van der Waals surface area contributed by atoms with Gasteiger partial charge in [-0.2, -0.15) is 0 Å². The number of halogens is 1. The third kappa shape index (κ3) is 5.79. The first-order chi connectivity index (χ1) is 14.7. The molecular formula is C23H22ClN3O4. The van der Waals surface area contributed by atoms with E-state index in [1.54, 1.807) is 30.3 Å². The van der Waals surface area contributed by atoms with Crippen LogP contribution in [0.5, 0.6) is 0 Å². The lowest BCUT2D eigenvalue weighted by Crippen LogP contribution is -2.35. The fraction of sp³-hybridized carbons (Fsp3) is 0.217. The van der Waals surface area contributed by atoms with Gasteiger partial charge >= 0.3 is 5.97 Å². The van der Waals surface area contributed by atoms with Crippen LogP contribution in [0.15, 0.2) is 42.5 Å². The maximum Gasteiger partial charge on any atom is 0.338 e. The first-order valence-electron chi connectivity index (χ1n) is 9.61. The molecule has 1 aromatic heterocycles. The quantitative estimate of drug-likeness (QED) is 0.450. The van der Waals surface area contributed by atoms with Crippen LogP contribution in [0.4, 0.5) is 5.69 Å². The Balaban J connectivity index is 1.49. The van der Waals surface area contributed by atoms with Gasteiger partial charge in [-0.3, -0.25) is 9.59 Å². The number of ether oxygens (including phenoxy) is 1. The van der Waals surface area contributed by atoms with Crippen molar-refractivity contribution < 1.29 is 19.1 Å². The Morgan fingerprint density at radius 3 is 2.39 bits per heavy atom. The largest absolute Gasteiger partial charge is 0.452 e. The number of hydrogen-bond acceptors (Lipinski definition) is 5. The van der Waals surface area contributed by atoms with Crippen molar-refractivity contribution >= 4 is 46.0 Å². The number of hydrogen-bond donors (Lipinski definition) is 2. The van der Waals surface area contributed by atoms with E-state index in [2.05, 4.69) is 15.6 Å². The molecule has 0 radical (unpaired) electrons. The second kappa shape index (κ2) is 9.57. The number of fused-ring (bicyclic) bond motifs is 1. The molecule has 0 bridgehead atoms. The summed E-state index contributed by atoms with van der Waals surface area (Å²) in [7, 11) is 0. The summed E-state index contributed by atoms with van der Waals surface area (Å²) < 4.78 is 5.04. The third-order valence-electron chi connectivity index (χ3n) is 4.61. The minimum absolute atomic E-state index is 0.231. The average molecular weight is 440 g/mol. The zero-order valence-electron chi connectivity index (χ0n) is 17.4. The number of nitrogens with zero attached hydrogens (tertiary/aromatic N) is 1. The molecule has 160 valence electrons. The smallest absolute Gasteiger partial charge is 0.338 e. The van der Waals surface area contributed by atoms with E-state index < -0.39 is 18.5 Å². The normalized spacial score (nSPS) is 10.6. The molecule has 0 aliphatic rings. The Bertz CT molecular complexity index is 1150. The van der Waals surface area contributed by atoms with Gasteiger partial charge in [0.25, 0.3) is 5.91 Å². The van der Waals surface area contributed by atoms with Crippen LogP contribution in [-0.4, -0.2) is 35.9 Å². The molecule has 3 aromatic rings. The lowest BCUT2D eigenvalue weighted by atomic mass is 10.1. The second-order valence-corrected chi connectivity index (χ2v) is 7.60. The van der Waals surface area contributed by atoms with Crippen molar-refractivity contribution in [3.8, 4) is 0 Å². The van der Waals surface area contributed by atoms with E-state index >= 15 is 0 Å². The van der Waals surface area contributed by atoms with Gasteiger partial charge in [-0.05, 0) is 62.2 Å². The van der Waals surface area contributed by atoms with E-state index in [1.165, 1.54) is 0 Å². The molecule has 0 atom stereocenters. The number of aromatic nitrogens is 1. The van der Waals surface area contributed by atoms with E-state index in [-0.39, 0.29) is 18.0 Å². The van der Waals surface area contributed by atoms with E-state index in [4.69, 9.17) is 16.3 Å². The number of pyridine rings is 1. The minimum Gasteiger partial charge on any atom is -0.452 e. The Morgan fingerprint density at radius 1 is 0.968 bits per heavy atom. The fourth-order valence-electron chi connectivity index (χ4n) is 3.23. The van der Waals surface area contributed by atoms with Gasteiger partial charge in [0.1, 0.15) is 5.15 Å². The number of esters is 1. The van der Waals surface area contributed by atoms with Crippen LogP contribution >= 0.6 is 11.6 Å². The van der Waals surface area contributed by atoms with Gasteiger partial charge in [0.05, 0.1) is 17.6 Å². The number of aryl methyl sites for hydroxylation is 3. The van der Waals surface area contributed by atoms with Gasteiger partial charge in [-0.25, -0.2) is 9.78 Å². The Labute approximate surface area is 184 Å². The molecule has 0 saturated carbocycles. The number of carbonyl (C=O) groups excluding carboxylic acids is 3. The van der Waals surface area contributed by atoms with Gasteiger partial charge in [-0.15, -0.1) is 0 Å². The summed E-state index contributed by atoms with van der Waals surface area (Å²) in [5.74, 6) is -1.59. The predicted molar refractivity (Wildman–Crippen MR) is 119 cm³/mol. The van der Waals surface area contributed by atoms with Gasteiger partial charge in [0.15, 0.2) is 6.61 Å². The van der Waals surface area contributed by atoms with E-state index in [9.17, 15) is 14.4 Å². The summed E-state index contributed by atoms with van der Waals surface area (Å²) in [5.41, 5.74) is 4.65. The topological polar surface area (TPSA) is 97.4 Å². The number of carbonyl (C=O) groups is 3. The molecule has 3 rings (SSSR count). The molecule has 2 aromatic carbocycles. The number of amides is 2. The average Bonchev–Trinajstić information content (AvgIpc) is 2.72. The van der Waals surface area contributed by atoms with Gasteiger partial charge < -0.3 is 15.4 Å². The first-order valence-corrected chi connectivity index (χ1v) is 9.98. The van der Waals surface area contributed by atoms with E-state index in [0.717, 1.165) is 27.8 Å². The highest BCUT2D eigenvalue weighted by Crippen LogP contribution is 2.21. The maximum absolute atomic E-state index is 12.2. The summed E-state index contributed by atoms with van der Waals surface area (Å²) in [6.07, 6.45) is 0. The zero-order chi connectivity index (χ0) is 22.5. The van der Waals surface area contributed by atoms with Crippen molar-refractivity contribution in [1.82, 2.24) is 10.3 Å². The zero-order valence-corrected chi connectivity index (χ0v) is 18.2. The van der Waals surface area contributed by atoms with Gasteiger partial charge in [0, 0.05) is 11.1 Å². The van der Waals surface area contributed by atoms with E-state index in [0.29, 0.717) is 10.7 Å². The molecule has 1 heterocycles. The van der Waals surface area contributed by atoms with Crippen molar-refractivity contribution in [2.24, 2.45) is 0 Å². The summed E-state index contributed by atoms with van der Waals surface area (Å²) >= 11 is 5.85. The lowest BCUT2D eigenvalue weighted by molar-refractivity contribution is -0.126. The van der Waals surface area contributed by atoms with Crippen LogP contribution in [0.1, 0.15) is 27.0 Å². The van der Waals surface area contributed by atoms with Gasteiger partial charge in [0.2, 0.25) is 5.91 Å². The minimum atomic E-state index is -0.651. The Kier molecular flexibility index (Phi) is 6.87. The van der Waals surface area contributed by atoms with Crippen LogP contribution in [0, 0.1) is 20.8 Å². The highest BCUT2D eigenvalue weighted by Gasteiger charge is 2.13. The highest BCUT2D eigenvalue weighted by atomic mass is 35.5. The standard InChI is InChI=1S/C23H22ClN3O4/c1-13-8-14(2)22(15(3)9-13)27-20(28)11-25-21(29)12-31-23(30)17-4-6-18-16(10-17)5-7-19(24)26-18/h4-10H,11-12H2,1-3H3,(H,25,29)(H,27,28). The summed E-state index contributed by atoms with van der Waals surface area (Å²) in [6.45, 7) is 5.07. The maximum atomic E-state index is 12.2. The number of anilines is 1. The molecule has 0 spiro atoms. The summed E-state index contributed by atoms with van der Waals surface area (Å²) in [5, 5.41) is 6.32. The second-order valence-electron chi connectivity index (χ2n) is 7.22. The molecule has 0 saturated heterocycles. The molecule has 0 aliphatic carbocycles. The monoisotopic (exact) mass is 439 g/mol. The number of benzene rings is 2. The molecule has 2 N–H and O–H groups in total. The molecule has 0 unspecified atom stereocenters. The third-order valence-corrected chi connectivity index (χ3v) is 4.82. The number of rotatable bonds is 6. The van der Waals surface area contributed by atoms with Crippen LogP contribution in [-0.2, 0) is 14.3 Å². The molecule has 8 heteroatoms. The SMILES string of the molecule is Cc1cc(C)c(NC(=O)CNC(=O)COC(=O)c2ccc3nc(Cl)ccc3c2)c(C)c1. The van der Waals surface area contributed by atoms with Crippen LogP contribution < -0.4 is 10.6 Å². The first kappa shape index (κ1) is 22.2. The lowest BCUT2D eigenvalue weighted by Gasteiger charge is -2.13. The Morgan fingerprint density at radius 2 is 1.68 bits per heavy atom. The summed E-state index contributed by atoms with van der Waals surface area (Å²) in [4.78, 5) is 40.5. The molecule has 2 amide bonds. The fourth-order valence-corrected chi connectivity index (χ4v) is 3.39. The molecule has 31 heavy (non-hydrogen) atoms. The number of nitrogens with one attached hydrogen (secondary N) is 2. The molecule has 0 fully saturated rings. The molecular weight excluding hydrogens is 418 g/mol. The van der Waals surface area contributed by atoms with E-state index in [1.807, 2.05) is 32.9 Å². The van der Waals surface area contributed by atoms with Gasteiger partial charge in [-0.1, -0.05) is 29.3 Å². The van der Waals surface area contributed by atoms with Crippen molar-refractivity contribution in [3.05, 3.63) is 69.9 Å². The van der Waals surface area contributed by atoms with Crippen LogP contribution in [0.3, 0.4) is 0 Å². The van der Waals surface area contributed by atoms with Crippen molar-refractivity contribution in [1.29, 1.82) is 0 Å².